The molecule has 0 spiro atoms. The molecule has 0 saturated carbocycles. The number of H-pyrrole nitrogens is 1. The predicted octanol–water partition coefficient (Wildman–Crippen LogP) is 1.61. The highest BCUT2D eigenvalue weighted by atomic mass is 16.4. The quantitative estimate of drug-likeness (QED) is 0.670. The molecule has 3 aromatic rings. The lowest BCUT2D eigenvalue weighted by Gasteiger charge is -2.02. The van der Waals surface area contributed by atoms with Gasteiger partial charge in [-0.2, -0.15) is 0 Å². The van der Waals surface area contributed by atoms with Crippen molar-refractivity contribution < 1.29 is 9.90 Å². The lowest BCUT2D eigenvalue weighted by molar-refractivity contribution is 0.0697. The standard InChI is InChI=1S/C13H13N5O2/c1-18-5-4-14-11(18)7-15-13-16-9-3-2-8(12(19)20)6-10(9)17-13/h2-6H,7H2,1H3,(H,19,20)(H2,15,16,17). The Morgan fingerprint density at radius 3 is 3.05 bits per heavy atom. The van der Waals surface area contributed by atoms with Crippen LogP contribution in [0.15, 0.2) is 30.6 Å². The second-order valence-electron chi connectivity index (χ2n) is 4.43. The molecule has 0 unspecified atom stereocenters. The summed E-state index contributed by atoms with van der Waals surface area (Å²) < 4.78 is 1.91. The van der Waals surface area contributed by atoms with E-state index in [0.717, 1.165) is 11.3 Å². The topological polar surface area (TPSA) is 95.8 Å². The molecule has 3 rings (SSSR count). The number of carboxylic acid groups (broad SMARTS) is 1. The second-order valence-corrected chi connectivity index (χ2v) is 4.43. The summed E-state index contributed by atoms with van der Waals surface area (Å²) in [4.78, 5) is 22.5. The van der Waals surface area contributed by atoms with Gasteiger partial charge < -0.3 is 20.0 Å². The molecule has 2 heterocycles. The van der Waals surface area contributed by atoms with E-state index in [1.807, 2.05) is 17.8 Å². The average Bonchev–Trinajstić information content (AvgIpc) is 3.00. The molecule has 0 amide bonds. The highest BCUT2D eigenvalue weighted by molar-refractivity contribution is 5.92. The van der Waals surface area contributed by atoms with Crippen LogP contribution < -0.4 is 5.32 Å². The van der Waals surface area contributed by atoms with Crippen LogP contribution in [0.2, 0.25) is 0 Å². The van der Waals surface area contributed by atoms with Crippen LogP contribution in [0.3, 0.4) is 0 Å². The summed E-state index contributed by atoms with van der Waals surface area (Å²) in [6.45, 7) is 0.537. The van der Waals surface area contributed by atoms with Crippen molar-refractivity contribution in [2.45, 2.75) is 6.54 Å². The molecule has 0 saturated heterocycles. The van der Waals surface area contributed by atoms with Crippen LogP contribution >= 0.6 is 0 Å². The fourth-order valence-corrected chi connectivity index (χ4v) is 1.96. The maximum Gasteiger partial charge on any atom is 0.335 e. The van der Waals surface area contributed by atoms with E-state index in [9.17, 15) is 4.79 Å². The third-order valence-electron chi connectivity index (χ3n) is 3.06. The first-order chi connectivity index (χ1) is 9.63. The summed E-state index contributed by atoms with van der Waals surface area (Å²) in [5.41, 5.74) is 1.64. The molecule has 0 bridgehead atoms. The highest BCUT2D eigenvalue weighted by Gasteiger charge is 2.08. The fourth-order valence-electron chi connectivity index (χ4n) is 1.96. The lowest BCUT2D eigenvalue weighted by atomic mass is 10.2. The van der Waals surface area contributed by atoms with Crippen LogP contribution in [0.25, 0.3) is 11.0 Å². The van der Waals surface area contributed by atoms with E-state index in [1.165, 1.54) is 6.07 Å². The first-order valence-electron chi connectivity index (χ1n) is 6.06. The number of hydrogen-bond donors (Lipinski definition) is 3. The first kappa shape index (κ1) is 12.2. The number of hydrogen-bond acceptors (Lipinski definition) is 4. The third kappa shape index (κ3) is 2.20. The van der Waals surface area contributed by atoms with Gasteiger partial charge in [0.2, 0.25) is 5.95 Å². The zero-order chi connectivity index (χ0) is 14.1. The van der Waals surface area contributed by atoms with Crippen molar-refractivity contribution in [2.24, 2.45) is 7.05 Å². The van der Waals surface area contributed by atoms with Gasteiger partial charge in [-0.15, -0.1) is 0 Å². The fraction of sp³-hybridized carbons (Fsp3) is 0.154. The Bertz CT molecular complexity index is 774. The van der Waals surface area contributed by atoms with E-state index < -0.39 is 5.97 Å². The molecule has 0 radical (unpaired) electrons. The number of aromatic carboxylic acids is 1. The van der Waals surface area contributed by atoms with Crippen molar-refractivity contribution in [3.63, 3.8) is 0 Å². The summed E-state index contributed by atoms with van der Waals surface area (Å²) >= 11 is 0. The van der Waals surface area contributed by atoms with Crippen LogP contribution in [0.4, 0.5) is 5.95 Å². The van der Waals surface area contributed by atoms with Gasteiger partial charge in [0, 0.05) is 19.4 Å². The van der Waals surface area contributed by atoms with Crippen molar-refractivity contribution >= 4 is 23.0 Å². The number of rotatable bonds is 4. The zero-order valence-corrected chi connectivity index (χ0v) is 10.8. The first-order valence-corrected chi connectivity index (χ1v) is 6.06. The van der Waals surface area contributed by atoms with E-state index in [-0.39, 0.29) is 5.56 Å². The normalized spacial score (nSPS) is 10.8. The Hall–Kier alpha value is -2.83. The number of nitrogens with zero attached hydrogens (tertiary/aromatic N) is 3. The van der Waals surface area contributed by atoms with Gasteiger partial charge in [0.15, 0.2) is 0 Å². The molecular formula is C13H13N5O2. The van der Waals surface area contributed by atoms with E-state index >= 15 is 0 Å². The summed E-state index contributed by atoms with van der Waals surface area (Å²) in [7, 11) is 1.92. The summed E-state index contributed by atoms with van der Waals surface area (Å²) in [6, 6.07) is 4.78. The Kier molecular flexibility index (Phi) is 2.86. The number of nitrogens with one attached hydrogen (secondary N) is 2. The second kappa shape index (κ2) is 4.69. The largest absolute Gasteiger partial charge is 0.478 e. The molecule has 7 heteroatoms. The molecule has 2 aromatic heterocycles. The van der Waals surface area contributed by atoms with Crippen molar-refractivity contribution in [3.8, 4) is 0 Å². The molecule has 102 valence electrons. The van der Waals surface area contributed by atoms with Gasteiger partial charge in [0.1, 0.15) is 5.82 Å². The molecule has 1 aromatic carbocycles. The Labute approximate surface area is 114 Å². The van der Waals surface area contributed by atoms with Crippen LogP contribution in [-0.2, 0) is 13.6 Å². The molecule has 0 atom stereocenters. The predicted molar refractivity (Wildman–Crippen MR) is 73.6 cm³/mol. The Morgan fingerprint density at radius 1 is 1.50 bits per heavy atom. The number of aromatic nitrogens is 4. The minimum atomic E-state index is -0.955. The molecule has 7 nitrogen and oxygen atoms in total. The number of benzene rings is 1. The van der Waals surface area contributed by atoms with Crippen molar-refractivity contribution in [2.75, 3.05) is 5.32 Å². The molecular weight excluding hydrogens is 258 g/mol. The van der Waals surface area contributed by atoms with E-state index in [4.69, 9.17) is 5.11 Å². The molecule has 0 fully saturated rings. The highest BCUT2D eigenvalue weighted by Crippen LogP contribution is 2.16. The van der Waals surface area contributed by atoms with Gasteiger partial charge in [-0.25, -0.2) is 14.8 Å². The van der Waals surface area contributed by atoms with Gasteiger partial charge >= 0.3 is 5.97 Å². The van der Waals surface area contributed by atoms with Gasteiger partial charge in [-0.1, -0.05) is 0 Å². The summed E-state index contributed by atoms with van der Waals surface area (Å²) in [5.74, 6) is 0.520. The Morgan fingerprint density at radius 2 is 2.35 bits per heavy atom. The maximum absolute atomic E-state index is 10.9. The van der Waals surface area contributed by atoms with Crippen LogP contribution in [0, 0.1) is 0 Å². The smallest absolute Gasteiger partial charge is 0.335 e. The number of carbonyl (C=O) groups is 1. The summed E-state index contributed by atoms with van der Waals surface area (Å²) in [5, 5.41) is 12.1. The number of anilines is 1. The number of carboxylic acids is 1. The molecule has 0 aliphatic rings. The number of imidazole rings is 2. The minimum absolute atomic E-state index is 0.233. The minimum Gasteiger partial charge on any atom is -0.478 e. The summed E-state index contributed by atoms with van der Waals surface area (Å²) in [6.07, 6.45) is 3.60. The number of aromatic amines is 1. The van der Waals surface area contributed by atoms with Crippen molar-refractivity contribution in [3.05, 3.63) is 42.0 Å². The van der Waals surface area contributed by atoms with Gasteiger partial charge in [-0.05, 0) is 18.2 Å². The maximum atomic E-state index is 10.9. The van der Waals surface area contributed by atoms with Crippen molar-refractivity contribution in [1.29, 1.82) is 0 Å². The number of aryl methyl sites for hydroxylation is 1. The van der Waals surface area contributed by atoms with Crippen molar-refractivity contribution in [1.82, 2.24) is 19.5 Å². The van der Waals surface area contributed by atoms with Crippen LogP contribution in [0.5, 0.6) is 0 Å². The van der Waals surface area contributed by atoms with Gasteiger partial charge in [0.05, 0.1) is 23.1 Å². The van der Waals surface area contributed by atoms with E-state index in [2.05, 4.69) is 20.3 Å². The SMILES string of the molecule is Cn1ccnc1CNc1nc2ccc(C(=O)O)cc2[nH]1. The molecule has 0 aliphatic heterocycles. The third-order valence-corrected chi connectivity index (χ3v) is 3.06. The molecule has 0 aliphatic carbocycles. The van der Waals surface area contributed by atoms with Crippen LogP contribution in [0.1, 0.15) is 16.2 Å². The molecule has 20 heavy (non-hydrogen) atoms. The molecule has 3 N–H and O–H groups in total. The zero-order valence-electron chi connectivity index (χ0n) is 10.8. The van der Waals surface area contributed by atoms with E-state index in [0.29, 0.717) is 18.0 Å². The monoisotopic (exact) mass is 271 g/mol. The Balaban J connectivity index is 1.82. The average molecular weight is 271 g/mol. The van der Waals surface area contributed by atoms with Gasteiger partial charge in [0.25, 0.3) is 0 Å². The number of fused-ring (bicyclic) bond motifs is 1. The van der Waals surface area contributed by atoms with E-state index in [1.54, 1.807) is 18.3 Å². The van der Waals surface area contributed by atoms with Gasteiger partial charge in [-0.3, -0.25) is 0 Å². The van der Waals surface area contributed by atoms with Crippen LogP contribution in [-0.4, -0.2) is 30.6 Å². The lowest BCUT2D eigenvalue weighted by Crippen LogP contribution is -2.06.